The first-order chi connectivity index (χ1) is 13.9. The van der Waals surface area contributed by atoms with Gasteiger partial charge < -0.3 is 20.3 Å². The summed E-state index contributed by atoms with van der Waals surface area (Å²) < 4.78 is 3.47. The van der Waals surface area contributed by atoms with Gasteiger partial charge in [-0.25, -0.2) is 4.98 Å². The van der Waals surface area contributed by atoms with Crippen LogP contribution in [-0.4, -0.2) is 58.1 Å². The highest BCUT2D eigenvalue weighted by molar-refractivity contribution is 6.66. The van der Waals surface area contributed by atoms with Gasteiger partial charge in [0.25, 0.3) is 0 Å². The van der Waals surface area contributed by atoms with Crippen LogP contribution in [0.3, 0.4) is 0 Å². The fourth-order valence-electron chi connectivity index (χ4n) is 3.15. The summed E-state index contributed by atoms with van der Waals surface area (Å²) in [5.74, 6) is 1.56. The van der Waals surface area contributed by atoms with Gasteiger partial charge in [-0.1, -0.05) is 41.7 Å². The summed E-state index contributed by atoms with van der Waals surface area (Å²) in [7, 11) is 1.53. The van der Waals surface area contributed by atoms with Gasteiger partial charge in [-0.2, -0.15) is 15.0 Å². The quantitative estimate of drug-likeness (QED) is 0.600. The molecule has 2 aromatic rings. The molecule has 2 N–H and O–H groups in total. The molecule has 0 aliphatic carbocycles. The summed E-state index contributed by atoms with van der Waals surface area (Å²) in [4.78, 5) is 19.5. The lowest BCUT2D eigenvalue weighted by molar-refractivity contribution is 0.198. The third-order valence-corrected chi connectivity index (χ3v) is 5.31. The van der Waals surface area contributed by atoms with Gasteiger partial charge in [-0.05, 0) is 50.5 Å². The lowest BCUT2D eigenvalue weighted by Gasteiger charge is -2.31. The van der Waals surface area contributed by atoms with Gasteiger partial charge in [0.2, 0.25) is 21.6 Å². The number of methoxy groups -OCH3 is 1. The topological polar surface area (TPSA) is 88.1 Å². The molecule has 0 radical (unpaired) electrons. The Hall–Kier alpha value is -1.61. The highest BCUT2D eigenvalue weighted by Crippen LogP contribution is 2.37. The fraction of sp³-hybridized carbons (Fsp3) is 0.556. The van der Waals surface area contributed by atoms with E-state index in [0.29, 0.717) is 23.4 Å². The van der Waals surface area contributed by atoms with E-state index in [1.165, 1.54) is 7.11 Å². The number of aromatic nitrogens is 4. The maximum atomic E-state index is 6.02. The Labute approximate surface area is 185 Å². The zero-order valence-corrected chi connectivity index (χ0v) is 18.6. The molecule has 0 unspecified atom stereocenters. The summed E-state index contributed by atoms with van der Waals surface area (Å²) in [6, 6.07) is 3.56. The molecular weight excluding hydrogens is 437 g/mol. The van der Waals surface area contributed by atoms with Crippen molar-refractivity contribution in [2.45, 2.75) is 23.6 Å². The molecule has 0 atom stereocenters. The number of pyridine rings is 1. The molecule has 0 saturated carbocycles. The minimum atomic E-state index is -1.78. The number of anilines is 3. The lowest BCUT2D eigenvalue weighted by Crippen LogP contribution is -2.35. The molecule has 158 valence electrons. The van der Waals surface area contributed by atoms with Crippen LogP contribution in [0.5, 0.6) is 5.88 Å². The minimum absolute atomic E-state index is 0.0335. The largest absolute Gasteiger partial charge is 0.480 e. The molecular formula is C18H24Cl3N7O. The monoisotopic (exact) mass is 459 g/mol. The Balaban J connectivity index is 1.75. The summed E-state index contributed by atoms with van der Waals surface area (Å²) in [6.07, 6.45) is 3.88. The smallest absolute Gasteiger partial charge is 0.250 e. The van der Waals surface area contributed by atoms with E-state index in [4.69, 9.17) is 39.5 Å². The zero-order valence-electron chi connectivity index (χ0n) is 16.3. The molecule has 1 saturated heterocycles. The van der Waals surface area contributed by atoms with Gasteiger partial charge in [0.1, 0.15) is 5.69 Å². The highest BCUT2D eigenvalue weighted by Gasteiger charge is 2.29. The average Bonchev–Trinajstić information content (AvgIpc) is 2.72. The van der Waals surface area contributed by atoms with E-state index in [9.17, 15) is 0 Å². The number of piperidine rings is 1. The van der Waals surface area contributed by atoms with Crippen LogP contribution in [0, 0.1) is 5.92 Å². The van der Waals surface area contributed by atoms with Gasteiger partial charge >= 0.3 is 0 Å². The van der Waals surface area contributed by atoms with Crippen molar-refractivity contribution in [2.75, 3.05) is 43.9 Å². The Morgan fingerprint density at radius 1 is 1.17 bits per heavy atom. The van der Waals surface area contributed by atoms with E-state index >= 15 is 0 Å². The first-order valence-electron chi connectivity index (χ1n) is 9.44. The van der Waals surface area contributed by atoms with Crippen LogP contribution in [0.4, 0.5) is 17.6 Å². The molecule has 29 heavy (non-hydrogen) atoms. The number of hydrogen-bond donors (Lipinski definition) is 2. The SMILES string of the molecule is CCN1CCC(CNc2nc(Nc3cccnc3OC)nc(C(Cl)(Cl)Cl)n2)CC1. The molecule has 0 spiro atoms. The molecule has 0 aromatic carbocycles. The number of rotatable bonds is 7. The van der Waals surface area contributed by atoms with Crippen molar-refractivity contribution in [3.8, 4) is 5.88 Å². The Kier molecular flexibility index (Phi) is 7.56. The van der Waals surface area contributed by atoms with Gasteiger partial charge in [0, 0.05) is 12.7 Å². The van der Waals surface area contributed by atoms with Crippen molar-refractivity contribution in [3.63, 3.8) is 0 Å². The van der Waals surface area contributed by atoms with Crippen molar-refractivity contribution in [1.82, 2.24) is 24.8 Å². The van der Waals surface area contributed by atoms with E-state index in [0.717, 1.165) is 39.0 Å². The second-order valence-corrected chi connectivity index (χ2v) is 9.03. The maximum absolute atomic E-state index is 6.02. The van der Waals surface area contributed by atoms with Crippen LogP contribution in [0.25, 0.3) is 0 Å². The molecule has 1 aliphatic rings. The Morgan fingerprint density at radius 3 is 2.55 bits per heavy atom. The highest BCUT2D eigenvalue weighted by atomic mass is 35.6. The molecule has 1 aliphatic heterocycles. The van der Waals surface area contributed by atoms with Crippen molar-refractivity contribution < 1.29 is 4.74 Å². The number of hydrogen-bond acceptors (Lipinski definition) is 8. The van der Waals surface area contributed by atoms with Crippen LogP contribution in [0.1, 0.15) is 25.6 Å². The number of halogens is 3. The third-order valence-electron chi connectivity index (χ3n) is 4.80. The first kappa shape index (κ1) is 22.1. The molecule has 2 aromatic heterocycles. The second-order valence-electron chi connectivity index (χ2n) is 6.75. The average molecular weight is 461 g/mol. The predicted octanol–water partition coefficient (Wildman–Crippen LogP) is 3.99. The normalized spacial score (nSPS) is 15.9. The molecule has 3 rings (SSSR count). The first-order valence-corrected chi connectivity index (χ1v) is 10.6. The standard InChI is InChI=1S/C18H24Cl3N7O/c1-3-28-9-6-12(7-10-28)11-23-16-25-15(18(19,20)21)26-17(27-16)24-13-5-4-8-22-14(13)29-2/h4-5,8,12H,3,6-7,9-11H2,1-2H3,(H2,23,24,25,26,27). The number of likely N-dealkylation sites (tertiary alicyclic amines) is 1. The minimum Gasteiger partial charge on any atom is -0.480 e. The third kappa shape index (κ3) is 6.18. The summed E-state index contributed by atoms with van der Waals surface area (Å²) in [5, 5.41) is 6.33. The Morgan fingerprint density at radius 2 is 1.90 bits per heavy atom. The predicted molar refractivity (Wildman–Crippen MR) is 116 cm³/mol. The summed E-state index contributed by atoms with van der Waals surface area (Å²) in [6.45, 7) is 6.23. The van der Waals surface area contributed by atoms with E-state index in [1.54, 1.807) is 18.3 Å². The van der Waals surface area contributed by atoms with Crippen LogP contribution in [0.2, 0.25) is 0 Å². The summed E-state index contributed by atoms with van der Waals surface area (Å²) >= 11 is 18.1. The summed E-state index contributed by atoms with van der Waals surface area (Å²) in [5.41, 5.74) is 0.592. The van der Waals surface area contributed by atoms with Crippen molar-refractivity contribution in [3.05, 3.63) is 24.2 Å². The lowest BCUT2D eigenvalue weighted by atomic mass is 9.97. The molecule has 8 nitrogen and oxygen atoms in total. The number of nitrogens with zero attached hydrogens (tertiary/aromatic N) is 5. The van der Waals surface area contributed by atoms with Crippen molar-refractivity contribution in [1.29, 1.82) is 0 Å². The van der Waals surface area contributed by atoms with E-state index in [2.05, 4.69) is 42.4 Å². The van der Waals surface area contributed by atoms with Crippen LogP contribution in [-0.2, 0) is 3.79 Å². The second kappa shape index (κ2) is 9.93. The van der Waals surface area contributed by atoms with E-state index in [1.807, 2.05) is 0 Å². The van der Waals surface area contributed by atoms with Crippen molar-refractivity contribution >= 4 is 52.4 Å². The number of alkyl halides is 3. The van der Waals surface area contributed by atoms with E-state index < -0.39 is 3.79 Å². The number of ether oxygens (including phenoxy) is 1. The number of nitrogens with one attached hydrogen (secondary N) is 2. The Bertz CT molecular complexity index is 810. The van der Waals surface area contributed by atoms with Crippen LogP contribution < -0.4 is 15.4 Å². The molecule has 0 bridgehead atoms. The molecule has 0 amide bonds. The van der Waals surface area contributed by atoms with E-state index in [-0.39, 0.29) is 11.8 Å². The van der Waals surface area contributed by atoms with Gasteiger partial charge in [0.05, 0.1) is 7.11 Å². The maximum Gasteiger partial charge on any atom is 0.250 e. The van der Waals surface area contributed by atoms with Gasteiger partial charge in [0.15, 0.2) is 5.82 Å². The molecule has 1 fully saturated rings. The van der Waals surface area contributed by atoms with Gasteiger partial charge in [-0.3, -0.25) is 0 Å². The van der Waals surface area contributed by atoms with Crippen LogP contribution in [0.15, 0.2) is 18.3 Å². The van der Waals surface area contributed by atoms with Crippen molar-refractivity contribution in [2.24, 2.45) is 5.92 Å². The molecule has 3 heterocycles. The molecule has 11 heteroatoms. The fourth-order valence-corrected chi connectivity index (χ4v) is 3.40. The van der Waals surface area contributed by atoms with Crippen LogP contribution >= 0.6 is 34.8 Å². The zero-order chi connectivity index (χ0) is 20.9. The van der Waals surface area contributed by atoms with Gasteiger partial charge in [-0.15, -0.1) is 0 Å².